The van der Waals surface area contributed by atoms with E-state index in [1.807, 2.05) is 32.9 Å². The van der Waals surface area contributed by atoms with E-state index in [0.29, 0.717) is 29.2 Å². The van der Waals surface area contributed by atoms with Gasteiger partial charge in [0.25, 0.3) is 11.8 Å². The highest BCUT2D eigenvalue weighted by Gasteiger charge is 2.47. The van der Waals surface area contributed by atoms with Gasteiger partial charge < -0.3 is 20.1 Å². The Morgan fingerprint density at radius 3 is 2.60 bits per heavy atom. The first-order chi connectivity index (χ1) is 16.5. The molecule has 2 aromatic carbocycles. The number of nitrogens with zero attached hydrogens (tertiary/aromatic N) is 3. The molecule has 2 N–H and O–H groups in total. The molecule has 0 bridgehead atoms. The van der Waals surface area contributed by atoms with Crippen molar-refractivity contribution in [3.63, 3.8) is 0 Å². The number of likely N-dealkylation sites (N-methyl/N-ethyl adjacent to an activating group) is 1. The van der Waals surface area contributed by atoms with E-state index in [4.69, 9.17) is 9.84 Å². The molecule has 1 amide bonds. The predicted octanol–water partition coefficient (Wildman–Crippen LogP) is 4.73. The second-order valence-corrected chi connectivity index (χ2v) is 9.13. The fourth-order valence-electron chi connectivity index (χ4n) is 4.94. The Hall–Kier alpha value is -3.17. The fraction of sp³-hybridized carbons (Fsp3) is 0.423. The maximum Gasteiger partial charge on any atom is 0.296 e. The molecular weight excluding hydrogens is 454 g/mol. The number of ether oxygens (including phenoxy) is 1. The molecule has 1 aliphatic rings. The average molecular weight is 485 g/mol. The minimum absolute atomic E-state index is 0.150. The molecule has 0 fully saturated rings. The number of aliphatic hydroxyl groups is 1. The van der Waals surface area contributed by atoms with Crippen molar-refractivity contribution in [1.82, 2.24) is 10.2 Å². The van der Waals surface area contributed by atoms with Crippen LogP contribution >= 0.6 is 0 Å². The first-order valence-corrected chi connectivity index (χ1v) is 11.5. The minimum atomic E-state index is -3.33. The number of carbonyl (C=O) groups excluding carboxylic acids is 1. The Kier molecular flexibility index (Phi) is 6.27. The summed E-state index contributed by atoms with van der Waals surface area (Å²) < 4.78 is 34.4. The van der Waals surface area contributed by atoms with Crippen LogP contribution in [0.15, 0.2) is 30.3 Å². The number of benzene rings is 2. The number of halogens is 2. The molecule has 35 heavy (non-hydrogen) atoms. The minimum Gasteiger partial charge on any atom is -0.390 e. The van der Waals surface area contributed by atoms with Gasteiger partial charge in [-0.15, -0.1) is 5.10 Å². The third-order valence-electron chi connectivity index (χ3n) is 6.89. The van der Waals surface area contributed by atoms with Crippen LogP contribution in [0.5, 0.6) is 0 Å². The lowest BCUT2D eigenvalue weighted by Crippen LogP contribution is -2.38. The first kappa shape index (κ1) is 24.9. The van der Waals surface area contributed by atoms with Gasteiger partial charge in [0.1, 0.15) is 6.61 Å². The highest BCUT2D eigenvalue weighted by molar-refractivity contribution is 6.10. The van der Waals surface area contributed by atoms with Crippen molar-refractivity contribution in [2.75, 3.05) is 30.5 Å². The van der Waals surface area contributed by atoms with Crippen molar-refractivity contribution in [3.8, 4) is 0 Å². The molecule has 0 radical (unpaired) electrons. The third kappa shape index (κ3) is 3.92. The number of fused-ring (bicyclic) bond motifs is 2. The van der Waals surface area contributed by atoms with Crippen LogP contribution < -0.4 is 10.2 Å². The van der Waals surface area contributed by atoms with Crippen LogP contribution in [0.3, 0.4) is 0 Å². The second-order valence-electron chi connectivity index (χ2n) is 9.13. The van der Waals surface area contributed by atoms with E-state index in [9.17, 15) is 13.6 Å². The third-order valence-corrected chi connectivity index (χ3v) is 6.89. The normalized spacial score (nSPS) is 18.8. The maximum atomic E-state index is 14.2. The van der Waals surface area contributed by atoms with Gasteiger partial charge in [0.05, 0.1) is 17.4 Å². The molecule has 1 aliphatic heterocycles. The molecule has 7 nitrogen and oxygen atoms in total. The van der Waals surface area contributed by atoms with E-state index in [0.717, 1.165) is 22.0 Å². The maximum absolute atomic E-state index is 14.2. The standard InChI is InChI=1S/C26H30F2N4O3/c1-7-35-25(5)21-11-18-16(4)30-31-23(19(18)12-22(21)32(6)24(25)34)29-15(3)17-9-8-10-20(14(17)2)26(27,28)13-33/h8-12,15,33H,7,13H2,1-6H3,(H,29,31)/t15-,25?/m1/s1. The van der Waals surface area contributed by atoms with Crippen molar-refractivity contribution in [1.29, 1.82) is 0 Å². The molecule has 0 saturated carbocycles. The molecular formula is C26H30F2N4O3. The lowest BCUT2D eigenvalue weighted by atomic mass is 9.93. The Morgan fingerprint density at radius 2 is 1.94 bits per heavy atom. The summed E-state index contributed by atoms with van der Waals surface area (Å²) in [7, 11) is 1.71. The van der Waals surface area contributed by atoms with Gasteiger partial charge in [-0.2, -0.15) is 13.9 Å². The van der Waals surface area contributed by atoms with Crippen LogP contribution in [0.2, 0.25) is 0 Å². The largest absolute Gasteiger partial charge is 0.390 e. The first-order valence-electron chi connectivity index (χ1n) is 11.5. The summed E-state index contributed by atoms with van der Waals surface area (Å²) in [5.74, 6) is -3.00. The van der Waals surface area contributed by atoms with Gasteiger partial charge in [0.15, 0.2) is 11.4 Å². The zero-order chi connectivity index (χ0) is 25.7. The molecule has 0 spiro atoms. The van der Waals surface area contributed by atoms with E-state index in [1.54, 1.807) is 37.9 Å². The van der Waals surface area contributed by atoms with Gasteiger partial charge in [-0.05, 0) is 57.9 Å². The number of aryl methyl sites for hydroxylation is 1. The zero-order valence-electron chi connectivity index (χ0n) is 20.7. The van der Waals surface area contributed by atoms with Gasteiger partial charge in [-0.25, -0.2) is 0 Å². The van der Waals surface area contributed by atoms with Crippen molar-refractivity contribution >= 4 is 28.2 Å². The number of hydrogen-bond acceptors (Lipinski definition) is 6. The number of amides is 1. The molecule has 3 aromatic rings. The summed E-state index contributed by atoms with van der Waals surface area (Å²) >= 11 is 0. The second kappa shape index (κ2) is 8.80. The lowest BCUT2D eigenvalue weighted by Gasteiger charge is -2.24. The number of aromatic nitrogens is 2. The average Bonchev–Trinajstić information content (AvgIpc) is 3.01. The molecule has 0 aliphatic carbocycles. The van der Waals surface area contributed by atoms with Crippen molar-refractivity contribution < 1.29 is 23.4 Å². The van der Waals surface area contributed by atoms with Crippen molar-refractivity contribution in [2.45, 2.75) is 52.2 Å². The SMILES string of the molecule is CCOC1(C)C(=O)N(C)c2cc3c(N[C@H](C)c4cccc(C(F)(F)CO)c4C)nnc(C)c3cc21. The number of carbonyl (C=O) groups is 1. The number of anilines is 2. The van der Waals surface area contributed by atoms with Gasteiger partial charge in [0, 0.05) is 35.6 Å². The Bertz CT molecular complexity index is 1310. The quantitative estimate of drug-likeness (QED) is 0.504. The molecule has 9 heteroatoms. The molecule has 0 saturated heterocycles. The van der Waals surface area contributed by atoms with E-state index in [2.05, 4.69) is 15.5 Å². The number of rotatable bonds is 7. The molecule has 1 unspecified atom stereocenters. The summed E-state index contributed by atoms with van der Waals surface area (Å²) in [6, 6.07) is 8.09. The molecule has 2 heterocycles. The van der Waals surface area contributed by atoms with Crippen molar-refractivity contribution in [2.24, 2.45) is 0 Å². The van der Waals surface area contributed by atoms with E-state index in [-0.39, 0.29) is 17.5 Å². The van der Waals surface area contributed by atoms with Crippen LogP contribution in [-0.4, -0.2) is 41.5 Å². The van der Waals surface area contributed by atoms with Crippen LogP contribution in [0.25, 0.3) is 10.8 Å². The van der Waals surface area contributed by atoms with Gasteiger partial charge in [0.2, 0.25) is 0 Å². The van der Waals surface area contributed by atoms with Gasteiger partial charge in [-0.1, -0.05) is 18.2 Å². The summed E-state index contributed by atoms with van der Waals surface area (Å²) in [5.41, 5.74) is 1.95. The summed E-state index contributed by atoms with van der Waals surface area (Å²) in [4.78, 5) is 14.6. The van der Waals surface area contributed by atoms with Crippen LogP contribution in [0.1, 0.15) is 54.8 Å². The zero-order valence-corrected chi connectivity index (χ0v) is 20.7. The fourth-order valence-corrected chi connectivity index (χ4v) is 4.94. The number of nitrogens with one attached hydrogen (secondary N) is 1. The van der Waals surface area contributed by atoms with E-state index < -0.39 is 18.1 Å². The number of hydrogen-bond donors (Lipinski definition) is 2. The van der Waals surface area contributed by atoms with Crippen LogP contribution in [-0.2, 0) is 21.1 Å². The lowest BCUT2D eigenvalue weighted by molar-refractivity contribution is -0.140. The topological polar surface area (TPSA) is 87.6 Å². The molecule has 2 atom stereocenters. The smallest absolute Gasteiger partial charge is 0.296 e. The summed E-state index contributed by atoms with van der Waals surface area (Å²) in [5, 5.41) is 22.7. The summed E-state index contributed by atoms with van der Waals surface area (Å²) in [6.45, 7) is 8.07. The number of aliphatic hydroxyl groups excluding tert-OH is 1. The van der Waals surface area contributed by atoms with Gasteiger partial charge in [-0.3, -0.25) is 4.79 Å². The van der Waals surface area contributed by atoms with E-state index in [1.165, 1.54) is 6.07 Å². The van der Waals surface area contributed by atoms with Crippen molar-refractivity contribution in [3.05, 3.63) is 58.3 Å². The Morgan fingerprint density at radius 1 is 1.23 bits per heavy atom. The Labute approximate surface area is 203 Å². The van der Waals surface area contributed by atoms with Crippen LogP contribution in [0, 0.1) is 13.8 Å². The number of alkyl halides is 2. The highest BCUT2D eigenvalue weighted by Crippen LogP contribution is 2.45. The predicted molar refractivity (Wildman–Crippen MR) is 131 cm³/mol. The molecule has 186 valence electrons. The molecule has 4 rings (SSSR count). The monoisotopic (exact) mass is 484 g/mol. The summed E-state index contributed by atoms with van der Waals surface area (Å²) in [6.07, 6.45) is 0. The van der Waals surface area contributed by atoms with Gasteiger partial charge >= 0.3 is 0 Å². The van der Waals surface area contributed by atoms with Crippen LogP contribution in [0.4, 0.5) is 20.3 Å². The Balaban J connectivity index is 1.80. The van der Waals surface area contributed by atoms with E-state index >= 15 is 0 Å². The molecule has 1 aromatic heterocycles. The highest BCUT2D eigenvalue weighted by atomic mass is 19.3.